The van der Waals surface area contributed by atoms with E-state index < -0.39 is 6.98 Å². The molecular weight excluding hydrogens is 456 g/mol. The van der Waals surface area contributed by atoms with Crippen LogP contribution in [0.2, 0.25) is 0 Å². The van der Waals surface area contributed by atoms with Crippen molar-refractivity contribution < 1.29 is 4.11 Å². The van der Waals surface area contributed by atoms with E-state index in [0.29, 0.717) is 11.4 Å². The minimum Gasteiger partial charge on any atom is -0.373 e. The molecular formula is C31H36N6. The number of aromatic nitrogens is 3. The number of anilines is 1. The van der Waals surface area contributed by atoms with Crippen LogP contribution in [-0.4, -0.2) is 63.4 Å². The van der Waals surface area contributed by atoms with E-state index in [1.807, 2.05) is 30.5 Å². The summed E-state index contributed by atoms with van der Waals surface area (Å²) in [5, 5.41) is 2.53. The van der Waals surface area contributed by atoms with Crippen molar-refractivity contribution in [3.8, 4) is 33.6 Å². The van der Waals surface area contributed by atoms with Crippen molar-refractivity contribution >= 4 is 5.82 Å². The van der Waals surface area contributed by atoms with Crippen molar-refractivity contribution in [2.75, 3.05) is 38.5 Å². The molecule has 6 heteroatoms. The molecule has 6 nitrogen and oxygen atoms in total. The number of pyridine rings is 3. The van der Waals surface area contributed by atoms with E-state index in [0.717, 1.165) is 55.0 Å². The van der Waals surface area contributed by atoms with Crippen molar-refractivity contribution in [2.24, 2.45) is 0 Å². The summed E-state index contributed by atoms with van der Waals surface area (Å²) in [5.41, 5.74) is 6.52. The first kappa shape index (κ1) is 21.5. The monoisotopic (exact) mass is 495 g/mol. The van der Waals surface area contributed by atoms with E-state index in [9.17, 15) is 0 Å². The lowest BCUT2D eigenvalue weighted by molar-refractivity contribution is 0.0591. The van der Waals surface area contributed by atoms with Gasteiger partial charge in [-0.2, -0.15) is 0 Å². The van der Waals surface area contributed by atoms with Crippen LogP contribution in [0.3, 0.4) is 0 Å². The summed E-state index contributed by atoms with van der Waals surface area (Å²) in [5.74, 6) is 0.260. The van der Waals surface area contributed by atoms with Crippen LogP contribution in [-0.2, 0) is 6.54 Å². The maximum Gasteiger partial charge on any atom is 0.127 e. The largest absolute Gasteiger partial charge is 0.373 e. The Morgan fingerprint density at radius 1 is 0.838 bits per heavy atom. The van der Waals surface area contributed by atoms with Crippen LogP contribution in [0.4, 0.5) is 5.82 Å². The standard InChI is InChI=1S/C31H36N6/c1-31(2,3)37-15-13-36(14-16-37)22-23-8-10-24(11-9-23)26-17-27(21-33-20-26)25-18-29(35-30(19-25)32-4)28-7-5-6-12-34-28/h5-12,17-21H,13-16,22H2,1-4H3,(H,32,35)/i4D3. The van der Waals surface area contributed by atoms with Crippen LogP contribution in [0.25, 0.3) is 33.6 Å². The number of nitrogens with one attached hydrogen (secondary N) is 1. The van der Waals surface area contributed by atoms with Crippen molar-refractivity contribution in [1.82, 2.24) is 24.8 Å². The van der Waals surface area contributed by atoms with E-state index in [4.69, 9.17) is 4.11 Å². The lowest BCUT2D eigenvalue weighted by atomic mass is 10.0. The summed E-state index contributed by atoms with van der Waals surface area (Å²) in [7, 11) is 0. The smallest absolute Gasteiger partial charge is 0.127 e. The van der Waals surface area contributed by atoms with Gasteiger partial charge in [0, 0.05) is 79.1 Å². The highest BCUT2D eigenvalue weighted by atomic mass is 15.3. The van der Waals surface area contributed by atoms with Crippen LogP contribution in [0.1, 0.15) is 30.4 Å². The third kappa shape index (κ3) is 6.04. The van der Waals surface area contributed by atoms with Gasteiger partial charge < -0.3 is 5.32 Å². The SMILES string of the molecule is [2H]C([2H])([2H])Nc1cc(-c2cncc(-c3ccc(CN4CCN(C(C)(C)C)CC4)cc3)c2)cc(-c2ccccn2)n1. The maximum absolute atomic E-state index is 7.65. The van der Waals surface area contributed by atoms with Gasteiger partial charge in [0.05, 0.1) is 11.4 Å². The molecule has 0 radical (unpaired) electrons. The molecule has 1 aliphatic rings. The second-order valence-corrected chi connectivity index (χ2v) is 10.6. The van der Waals surface area contributed by atoms with Gasteiger partial charge in [0.2, 0.25) is 0 Å². The number of rotatable bonds is 6. The Morgan fingerprint density at radius 2 is 1.59 bits per heavy atom. The zero-order valence-electron chi connectivity index (χ0n) is 24.8. The fourth-order valence-corrected chi connectivity index (χ4v) is 4.80. The first-order valence-corrected chi connectivity index (χ1v) is 12.8. The van der Waals surface area contributed by atoms with Gasteiger partial charge in [0.25, 0.3) is 0 Å². The molecule has 1 aromatic carbocycles. The molecule has 0 aliphatic carbocycles. The zero-order valence-corrected chi connectivity index (χ0v) is 21.8. The van der Waals surface area contributed by atoms with E-state index in [1.54, 1.807) is 18.5 Å². The molecule has 1 saturated heterocycles. The molecule has 0 saturated carbocycles. The zero-order chi connectivity index (χ0) is 28.3. The lowest BCUT2D eigenvalue weighted by Gasteiger charge is -2.42. The third-order valence-electron chi connectivity index (χ3n) is 6.97. The molecule has 4 heterocycles. The fourth-order valence-electron chi connectivity index (χ4n) is 4.80. The summed E-state index contributed by atoms with van der Waals surface area (Å²) >= 11 is 0. The van der Waals surface area contributed by atoms with Crippen molar-refractivity contribution in [1.29, 1.82) is 0 Å². The third-order valence-corrected chi connectivity index (χ3v) is 6.97. The van der Waals surface area contributed by atoms with Gasteiger partial charge in [-0.15, -0.1) is 0 Å². The molecule has 3 aromatic heterocycles. The van der Waals surface area contributed by atoms with Crippen LogP contribution in [0.5, 0.6) is 0 Å². The van der Waals surface area contributed by atoms with E-state index in [2.05, 4.69) is 81.2 Å². The van der Waals surface area contributed by atoms with Crippen molar-refractivity contribution in [2.45, 2.75) is 32.9 Å². The molecule has 1 fully saturated rings. The summed E-state index contributed by atoms with van der Waals surface area (Å²) in [6.07, 6.45) is 5.33. The molecule has 0 spiro atoms. The predicted octanol–water partition coefficient (Wildman–Crippen LogP) is 5.83. The Hall–Kier alpha value is -3.61. The molecule has 1 aliphatic heterocycles. The quantitative estimate of drug-likeness (QED) is 0.363. The molecule has 0 unspecified atom stereocenters. The minimum absolute atomic E-state index is 0.222. The van der Waals surface area contributed by atoms with Gasteiger partial charge in [0.1, 0.15) is 5.82 Å². The first-order valence-electron chi connectivity index (χ1n) is 14.3. The molecule has 0 amide bonds. The summed E-state index contributed by atoms with van der Waals surface area (Å²) < 4.78 is 22.9. The molecule has 190 valence electrons. The molecule has 0 atom stereocenters. The van der Waals surface area contributed by atoms with Gasteiger partial charge >= 0.3 is 0 Å². The highest BCUT2D eigenvalue weighted by Crippen LogP contribution is 2.30. The molecule has 1 N–H and O–H groups in total. The van der Waals surface area contributed by atoms with Gasteiger partial charge in [-0.05, 0) is 67.8 Å². The second-order valence-electron chi connectivity index (χ2n) is 10.6. The molecule has 5 rings (SSSR count). The summed E-state index contributed by atoms with van der Waals surface area (Å²) in [4.78, 5) is 18.5. The topological polar surface area (TPSA) is 57.2 Å². The van der Waals surface area contributed by atoms with Gasteiger partial charge in [-0.3, -0.25) is 19.8 Å². The van der Waals surface area contributed by atoms with Crippen molar-refractivity contribution in [3.05, 3.63) is 84.8 Å². The Balaban J connectivity index is 1.35. The highest BCUT2D eigenvalue weighted by Gasteiger charge is 2.25. The molecule has 0 bridgehead atoms. The van der Waals surface area contributed by atoms with Gasteiger partial charge in [0.15, 0.2) is 0 Å². The Kier molecular flexibility index (Phi) is 6.26. The van der Waals surface area contributed by atoms with E-state index in [-0.39, 0.29) is 11.4 Å². The Labute approximate surface area is 224 Å². The Bertz CT molecular complexity index is 1420. The number of hydrogen-bond donors (Lipinski definition) is 1. The van der Waals surface area contributed by atoms with Crippen LogP contribution < -0.4 is 5.32 Å². The van der Waals surface area contributed by atoms with E-state index in [1.165, 1.54) is 5.56 Å². The Morgan fingerprint density at radius 3 is 2.27 bits per heavy atom. The maximum atomic E-state index is 7.65. The molecule has 4 aromatic rings. The van der Waals surface area contributed by atoms with Crippen molar-refractivity contribution in [3.63, 3.8) is 0 Å². The number of benzene rings is 1. The van der Waals surface area contributed by atoms with Crippen LogP contribution in [0.15, 0.2) is 79.3 Å². The summed E-state index contributed by atoms with van der Waals surface area (Å²) in [6, 6.07) is 20.0. The average molecular weight is 496 g/mol. The lowest BCUT2D eigenvalue weighted by Crippen LogP contribution is -2.53. The normalized spacial score (nSPS) is 16.6. The number of piperazine rings is 1. The molecule has 37 heavy (non-hydrogen) atoms. The van der Waals surface area contributed by atoms with E-state index >= 15 is 0 Å². The summed E-state index contributed by atoms with van der Waals surface area (Å²) in [6.45, 7) is 9.79. The van der Waals surface area contributed by atoms with Gasteiger partial charge in [-0.25, -0.2) is 4.98 Å². The highest BCUT2D eigenvalue weighted by molar-refractivity contribution is 5.76. The number of nitrogens with zero attached hydrogens (tertiary/aromatic N) is 5. The van der Waals surface area contributed by atoms with Crippen LogP contribution in [0, 0.1) is 0 Å². The second kappa shape index (κ2) is 10.8. The predicted molar refractivity (Wildman–Crippen MR) is 152 cm³/mol. The first-order chi connectivity index (χ1) is 19.0. The van der Waals surface area contributed by atoms with Crippen LogP contribution >= 0.6 is 0 Å². The minimum atomic E-state index is -2.37. The van der Waals surface area contributed by atoms with Gasteiger partial charge in [-0.1, -0.05) is 30.3 Å². The fraction of sp³-hybridized carbons (Fsp3) is 0.323. The number of hydrogen-bond acceptors (Lipinski definition) is 6. The average Bonchev–Trinajstić information content (AvgIpc) is 2.93.